The predicted molar refractivity (Wildman–Crippen MR) is 89.6 cm³/mol. The van der Waals surface area contributed by atoms with E-state index in [9.17, 15) is 4.79 Å². The maximum absolute atomic E-state index is 12.2. The van der Waals surface area contributed by atoms with E-state index in [1.165, 1.54) is 32.1 Å². The molecule has 0 unspecified atom stereocenters. The van der Waals surface area contributed by atoms with Gasteiger partial charge in [0.15, 0.2) is 0 Å². The average Bonchev–Trinajstić information content (AvgIpc) is 2.55. The number of nitrogens with one attached hydrogen (secondary N) is 1. The molecule has 120 valence electrons. The zero-order chi connectivity index (χ0) is 15.8. The van der Waals surface area contributed by atoms with Crippen molar-refractivity contribution in [1.29, 1.82) is 0 Å². The Balaban J connectivity index is 1.93. The molecule has 0 radical (unpaired) electrons. The molecule has 0 saturated heterocycles. The van der Waals surface area contributed by atoms with Crippen LogP contribution in [-0.4, -0.2) is 11.6 Å². The third-order valence-electron chi connectivity index (χ3n) is 4.55. The van der Waals surface area contributed by atoms with Crippen molar-refractivity contribution in [3.05, 3.63) is 48.0 Å². The van der Waals surface area contributed by atoms with Crippen molar-refractivity contribution < 1.29 is 9.53 Å². The largest absolute Gasteiger partial charge is 0.445 e. The van der Waals surface area contributed by atoms with Gasteiger partial charge in [-0.1, -0.05) is 61.7 Å². The molecular formula is C19H27NO2. The number of hydrogen-bond donors (Lipinski definition) is 1. The Labute approximate surface area is 133 Å². The molecule has 2 rings (SSSR count). The Hall–Kier alpha value is -1.77. The first-order valence-corrected chi connectivity index (χ1v) is 8.27. The van der Waals surface area contributed by atoms with Crippen LogP contribution in [0.1, 0.15) is 51.5 Å². The number of ether oxygens (including phenoxy) is 1. The first-order chi connectivity index (χ1) is 10.6. The minimum Gasteiger partial charge on any atom is -0.445 e. The van der Waals surface area contributed by atoms with Gasteiger partial charge < -0.3 is 10.1 Å². The minimum absolute atomic E-state index is 0.309. The summed E-state index contributed by atoms with van der Waals surface area (Å²) in [5.74, 6) is 0.488. The smallest absolute Gasteiger partial charge is 0.408 e. The lowest BCUT2D eigenvalue weighted by Crippen LogP contribution is -2.50. The zero-order valence-electron chi connectivity index (χ0n) is 13.7. The van der Waals surface area contributed by atoms with E-state index >= 15 is 0 Å². The van der Waals surface area contributed by atoms with Gasteiger partial charge in [-0.2, -0.15) is 0 Å². The van der Waals surface area contributed by atoms with Crippen LogP contribution in [0.25, 0.3) is 0 Å². The summed E-state index contributed by atoms with van der Waals surface area (Å²) in [4.78, 5) is 12.2. The monoisotopic (exact) mass is 301 g/mol. The molecule has 0 heterocycles. The Morgan fingerprint density at radius 3 is 2.59 bits per heavy atom. The van der Waals surface area contributed by atoms with Crippen molar-refractivity contribution in [3.63, 3.8) is 0 Å². The number of benzene rings is 1. The second kappa shape index (κ2) is 8.02. The lowest BCUT2D eigenvalue weighted by molar-refractivity contribution is 0.120. The third-order valence-corrected chi connectivity index (χ3v) is 4.55. The fourth-order valence-electron chi connectivity index (χ4n) is 3.31. The highest BCUT2D eigenvalue weighted by molar-refractivity contribution is 5.68. The minimum atomic E-state index is -0.338. The van der Waals surface area contributed by atoms with E-state index in [0.29, 0.717) is 12.5 Å². The summed E-state index contributed by atoms with van der Waals surface area (Å²) in [6.07, 6.45) is 9.92. The molecule has 22 heavy (non-hydrogen) atoms. The van der Waals surface area contributed by atoms with Gasteiger partial charge in [0.05, 0.1) is 5.54 Å². The third kappa shape index (κ3) is 4.62. The summed E-state index contributed by atoms with van der Waals surface area (Å²) >= 11 is 0. The van der Waals surface area contributed by atoms with Crippen LogP contribution in [0.3, 0.4) is 0 Å². The first kappa shape index (κ1) is 16.6. The molecule has 3 nitrogen and oxygen atoms in total. The van der Waals surface area contributed by atoms with Crippen molar-refractivity contribution in [3.8, 4) is 0 Å². The Bertz CT molecular complexity index is 491. The van der Waals surface area contributed by atoms with E-state index in [0.717, 1.165) is 5.56 Å². The number of carbonyl (C=O) groups excluding carboxylic acids is 1. The second-order valence-electron chi connectivity index (χ2n) is 6.30. The lowest BCUT2D eigenvalue weighted by Gasteiger charge is -2.38. The summed E-state index contributed by atoms with van der Waals surface area (Å²) < 4.78 is 5.38. The number of rotatable bonds is 5. The van der Waals surface area contributed by atoms with E-state index in [2.05, 4.69) is 18.3 Å². The quantitative estimate of drug-likeness (QED) is 0.791. The van der Waals surface area contributed by atoms with E-state index in [1.54, 1.807) is 0 Å². The van der Waals surface area contributed by atoms with Crippen molar-refractivity contribution in [2.45, 2.75) is 58.1 Å². The van der Waals surface area contributed by atoms with Crippen molar-refractivity contribution in [1.82, 2.24) is 5.32 Å². The summed E-state index contributed by atoms with van der Waals surface area (Å²) in [5.41, 5.74) is 0.686. The fraction of sp³-hybridized carbons (Fsp3) is 0.526. The Morgan fingerprint density at radius 2 is 1.95 bits per heavy atom. The van der Waals surface area contributed by atoms with E-state index in [4.69, 9.17) is 4.74 Å². The molecule has 3 heteroatoms. The van der Waals surface area contributed by atoms with Crippen LogP contribution >= 0.6 is 0 Å². The van der Waals surface area contributed by atoms with E-state index < -0.39 is 0 Å². The summed E-state index contributed by atoms with van der Waals surface area (Å²) in [6, 6.07) is 9.76. The standard InChI is InChI=1S/C19H27NO2/c1-3-14-19(2,17-12-8-5-9-13-17)20-18(21)22-15-16-10-6-4-7-11-16/h3-4,6-7,10-11,14,17H,5,8-9,12-13,15H2,1-2H3,(H,20,21)/b14-3+/t19-/m0/s1. The van der Waals surface area contributed by atoms with Crippen LogP contribution in [0, 0.1) is 5.92 Å². The van der Waals surface area contributed by atoms with Gasteiger partial charge in [-0.3, -0.25) is 0 Å². The molecule has 0 aromatic heterocycles. The van der Waals surface area contributed by atoms with Gasteiger partial charge in [0, 0.05) is 0 Å². The van der Waals surface area contributed by atoms with Crippen LogP contribution in [0.15, 0.2) is 42.5 Å². The summed E-state index contributed by atoms with van der Waals surface area (Å²) in [5, 5.41) is 3.09. The number of allylic oxidation sites excluding steroid dienone is 1. The molecule has 1 aromatic rings. The molecule has 1 atom stereocenters. The molecule has 0 aliphatic heterocycles. The van der Waals surface area contributed by atoms with E-state index in [-0.39, 0.29) is 11.6 Å². The number of carbonyl (C=O) groups is 1. The molecule has 0 bridgehead atoms. The normalized spacial score (nSPS) is 18.8. The van der Waals surface area contributed by atoms with Crippen LogP contribution in [-0.2, 0) is 11.3 Å². The Kier molecular flexibility index (Phi) is 6.05. The molecule has 1 amide bonds. The molecular weight excluding hydrogens is 274 g/mol. The van der Waals surface area contributed by atoms with Crippen LogP contribution in [0.5, 0.6) is 0 Å². The molecule has 0 spiro atoms. The van der Waals surface area contributed by atoms with Crippen LogP contribution in [0.2, 0.25) is 0 Å². The Morgan fingerprint density at radius 1 is 1.27 bits per heavy atom. The maximum Gasteiger partial charge on any atom is 0.408 e. The van der Waals surface area contributed by atoms with Gasteiger partial charge in [-0.15, -0.1) is 0 Å². The first-order valence-electron chi connectivity index (χ1n) is 8.27. The molecule has 1 N–H and O–H groups in total. The van der Waals surface area contributed by atoms with Crippen LogP contribution in [0.4, 0.5) is 4.79 Å². The highest BCUT2D eigenvalue weighted by Crippen LogP contribution is 2.33. The van der Waals surface area contributed by atoms with Gasteiger partial charge >= 0.3 is 6.09 Å². The summed E-state index contributed by atoms with van der Waals surface area (Å²) in [7, 11) is 0. The van der Waals surface area contributed by atoms with Crippen LogP contribution < -0.4 is 5.32 Å². The second-order valence-corrected chi connectivity index (χ2v) is 6.30. The molecule has 1 saturated carbocycles. The average molecular weight is 301 g/mol. The highest BCUT2D eigenvalue weighted by atomic mass is 16.5. The lowest BCUT2D eigenvalue weighted by atomic mass is 9.75. The zero-order valence-corrected chi connectivity index (χ0v) is 13.7. The van der Waals surface area contributed by atoms with Gasteiger partial charge in [0.25, 0.3) is 0 Å². The highest BCUT2D eigenvalue weighted by Gasteiger charge is 2.34. The topological polar surface area (TPSA) is 38.3 Å². The fourth-order valence-corrected chi connectivity index (χ4v) is 3.31. The van der Waals surface area contributed by atoms with Gasteiger partial charge in [-0.05, 0) is 38.2 Å². The van der Waals surface area contributed by atoms with Crippen molar-refractivity contribution >= 4 is 6.09 Å². The van der Waals surface area contributed by atoms with Crippen molar-refractivity contribution in [2.75, 3.05) is 0 Å². The molecule has 1 fully saturated rings. The van der Waals surface area contributed by atoms with Gasteiger partial charge in [-0.25, -0.2) is 4.79 Å². The number of hydrogen-bond acceptors (Lipinski definition) is 2. The number of amides is 1. The van der Waals surface area contributed by atoms with E-state index in [1.807, 2.05) is 43.3 Å². The predicted octanol–water partition coefficient (Wildman–Crippen LogP) is 4.83. The number of alkyl carbamates (subject to hydrolysis) is 1. The maximum atomic E-state index is 12.2. The molecule has 1 aliphatic carbocycles. The van der Waals surface area contributed by atoms with Gasteiger partial charge in [0.1, 0.15) is 6.61 Å². The molecule has 1 aliphatic rings. The SMILES string of the molecule is C/C=C/[C@](C)(NC(=O)OCc1ccccc1)C1CCCCC1. The van der Waals surface area contributed by atoms with Gasteiger partial charge in [0.2, 0.25) is 0 Å². The summed E-state index contributed by atoms with van der Waals surface area (Å²) in [6.45, 7) is 4.41. The van der Waals surface area contributed by atoms with Crippen molar-refractivity contribution in [2.24, 2.45) is 5.92 Å². The molecule has 1 aromatic carbocycles.